The van der Waals surface area contributed by atoms with Crippen LogP contribution in [-0.4, -0.2) is 41.9 Å². The highest BCUT2D eigenvalue weighted by Crippen LogP contribution is 2.32. The standard InChI is InChI=1S/C15H27N3O2.ClH/c1-3-4-10(2)18-9-12(7-14(18)19)15(20)17-13(8-16)11-5-6-11;/h10-13H,3-9,16H2,1-2H3,(H,17,20);1H. The van der Waals surface area contributed by atoms with E-state index in [-0.39, 0.29) is 42.2 Å². The number of amides is 2. The molecule has 0 aromatic heterocycles. The number of likely N-dealkylation sites (tertiary alicyclic amines) is 1. The molecule has 2 amide bonds. The summed E-state index contributed by atoms with van der Waals surface area (Å²) in [5, 5.41) is 3.04. The lowest BCUT2D eigenvalue weighted by molar-refractivity contribution is -0.130. The van der Waals surface area contributed by atoms with Crippen LogP contribution in [0.15, 0.2) is 0 Å². The molecule has 1 aliphatic heterocycles. The molecule has 0 radical (unpaired) electrons. The van der Waals surface area contributed by atoms with Crippen molar-refractivity contribution in [2.45, 2.75) is 58.0 Å². The van der Waals surface area contributed by atoms with Gasteiger partial charge in [-0.1, -0.05) is 13.3 Å². The largest absolute Gasteiger partial charge is 0.352 e. The van der Waals surface area contributed by atoms with Crippen molar-refractivity contribution in [2.24, 2.45) is 17.6 Å². The second kappa shape index (κ2) is 7.99. The van der Waals surface area contributed by atoms with Crippen LogP contribution < -0.4 is 11.1 Å². The third-order valence-electron chi connectivity index (χ3n) is 4.54. The molecule has 5 nitrogen and oxygen atoms in total. The van der Waals surface area contributed by atoms with Crippen molar-refractivity contribution in [3.8, 4) is 0 Å². The van der Waals surface area contributed by atoms with Crippen molar-refractivity contribution in [3.63, 3.8) is 0 Å². The first-order valence-corrected chi connectivity index (χ1v) is 7.86. The van der Waals surface area contributed by atoms with Crippen LogP contribution in [-0.2, 0) is 9.59 Å². The van der Waals surface area contributed by atoms with Gasteiger partial charge in [-0.3, -0.25) is 9.59 Å². The van der Waals surface area contributed by atoms with Crippen molar-refractivity contribution in [2.75, 3.05) is 13.1 Å². The average molecular weight is 318 g/mol. The molecule has 0 bridgehead atoms. The van der Waals surface area contributed by atoms with Gasteiger partial charge >= 0.3 is 0 Å². The van der Waals surface area contributed by atoms with Crippen LogP contribution in [0.3, 0.4) is 0 Å². The molecule has 1 saturated heterocycles. The van der Waals surface area contributed by atoms with Gasteiger partial charge in [-0.2, -0.15) is 0 Å². The van der Waals surface area contributed by atoms with Crippen molar-refractivity contribution in [3.05, 3.63) is 0 Å². The average Bonchev–Trinajstić information content (AvgIpc) is 3.18. The monoisotopic (exact) mass is 317 g/mol. The third-order valence-corrected chi connectivity index (χ3v) is 4.54. The first-order chi connectivity index (χ1) is 9.56. The number of carbonyl (C=O) groups excluding carboxylic acids is 2. The minimum atomic E-state index is -0.199. The maximum atomic E-state index is 12.3. The molecule has 122 valence electrons. The number of hydrogen-bond acceptors (Lipinski definition) is 3. The van der Waals surface area contributed by atoms with E-state index < -0.39 is 0 Å². The van der Waals surface area contributed by atoms with Gasteiger partial charge in [0.2, 0.25) is 11.8 Å². The van der Waals surface area contributed by atoms with Gasteiger partial charge in [-0.15, -0.1) is 12.4 Å². The summed E-state index contributed by atoms with van der Waals surface area (Å²) in [6, 6.07) is 0.332. The first kappa shape index (κ1) is 18.2. The smallest absolute Gasteiger partial charge is 0.225 e. The molecule has 2 rings (SSSR count). The van der Waals surface area contributed by atoms with Crippen LogP contribution in [0.25, 0.3) is 0 Å². The Labute approximate surface area is 133 Å². The highest BCUT2D eigenvalue weighted by atomic mass is 35.5. The molecule has 0 aromatic rings. The molecule has 3 atom stereocenters. The van der Waals surface area contributed by atoms with Crippen LogP contribution in [0.1, 0.15) is 46.0 Å². The van der Waals surface area contributed by atoms with E-state index in [1.54, 1.807) is 0 Å². The Hall–Kier alpha value is -0.810. The molecule has 2 fully saturated rings. The van der Waals surface area contributed by atoms with E-state index in [1.807, 2.05) is 4.90 Å². The Balaban J connectivity index is 0.00000220. The van der Waals surface area contributed by atoms with Gasteiger partial charge in [0, 0.05) is 31.6 Å². The number of rotatable bonds is 7. The third kappa shape index (κ3) is 4.58. The Kier molecular flexibility index (Phi) is 6.94. The summed E-state index contributed by atoms with van der Waals surface area (Å²) in [7, 11) is 0. The molecule has 0 spiro atoms. The number of halogens is 1. The highest BCUT2D eigenvalue weighted by molar-refractivity contribution is 5.89. The zero-order chi connectivity index (χ0) is 14.7. The lowest BCUT2D eigenvalue weighted by Crippen LogP contribution is -2.45. The summed E-state index contributed by atoms with van der Waals surface area (Å²) in [6.07, 6.45) is 4.71. The molecule has 6 heteroatoms. The fourth-order valence-electron chi connectivity index (χ4n) is 3.08. The molecular weight excluding hydrogens is 290 g/mol. The molecular formula is C15H28ClN3O2. The van der Waals surface area contributed by atoms with Gasteiger partial charge in [0.1, 0.15) is 0 Å². The second-order valence-corrected chi connectivity index (χ2v) is 6.27. The van der Waals surface area contributed by atoms with Gasteiger partial charge < -0.3 is 16.0 Å². The second-order valence-electron chi connectivity index (χ2n) is 6.27. The Morgan fingerprint density at radius 2 is 2.14 bits per heavy atom. The number of hydrogen-bond donors (Lipinski definition) is 2. The Morgan fingerprint density at radius 3 is 2.67 bits per heavy atom. The topological polar surface area (TPSA) is 75.4 Å². The quantitative estimate of drug-likeness (QED) is 0.743. The predicted octanol–water partition coefficient (Wildman–Crippen LogP) is 1.30. The number of nitrogens with two attached hydrogens (primary N) is 1. The fraction of sp³-hybridized carbons (Fsp3) is 0.867. The predicted molar refractivity (Wildman–Crippen MR) is 85.1 cm³/mol. The zero-order valence-corrected chi connectivity index (χ0v) is 13.8. The van der Waals surface area contributed by atoms with Gasteiger partial charge in [0.15, 0.2) is 0 Å². The molecule has 3 N–H and O–H groups in total. The number of carbonyl (C=O) groups is 2. The van der Waals surface area contributed by atoms with Crippen molar-refractivity contribution in [1.82, 2.24) is 10.2 Å². The molecule has 3 unspecified atom stereocenters. The van der Waals surface area contributed by atoms with E-state index >= 15 is 0 Å². The van der Waals surface area contributed by atoms with Gasteiger partial charge in [0.05, 0.1) is 5.92 Å². The summed E-state index contributed by atoms with van der Waals surface area (Å²) in [4.78, 5) is 26.2. The zero-order valence-electron chi connectivity index (χ0n) is 13.0. The van der Waals surface area contributed by atoms with Crippen LogP contribution >= 0.6 is 12.4 Å². The van der Waals surface area contributed by atoms with E-state index in [2.05, 4.69) is 19.2 Å². The maximum Gasteiger partial charge on any atom is 0.225 e. The lowest BCUT2D eigenvalue weighted by Gasteiger charge is -2.24. The van der Waals surface area contributed by atoms with E-state index in [9.17, 15) is 9.59 Å². The van der Waals surface area contributed by atoms with E-state index in [4.69, 9.17) is 5.73 Å². The van der Waals surface area contributed by atoms with Crippen LogP contribution in [0.5, 0.6) is 0 Å². The van der Waals surface area contributed by atoms with Crippen LogP contribution in [0, 0.1) is 11.8 Å². The van der Waals surface area contributed by atoms with Crippen molar-refractivity contribution in [1.29, 1.82) is 0 Å². The first-order valence-electron chi connectivity index (χ1n) is 7.86. The van der Waals surface area contributed by atoms with Crippen LogP contribution in [0.4, 0.5) is 0 Å². The van der Waals surface area contributed by atoms with Crippen molar-refractivity contribution >= 4 is 24.2 Å². The number of nitrogens with zero attached hydrogens (tertiary/aromatic N) is 1. The van der Waals surface area contributed by atoms with E-state index in [0.29, 0.717) is 25.4 Å². The summed E-state index contributed by atoms with van der Waals surface area (Å²) in [6.45, 7) is 5.23. The normalized spacial score (nSPS) is 24.4. The molecule has 21 heavy (non-hydrogen) atoms. The maximum absolute atomic E-state index is 12.3. The Morgan fingerprint density at radius 1 is 1.48 bits per heavy atom. The molecule has 1 heterocycles. The van der Waals surface area contributed by atoms with Crippen molar-refractivity contribution < 1.29 is 9.59 Å². The minimum absolute atomic E-state index is 0. The fourth-order valence-corrected chi connectivity index (χ4v) is 3.08. The van der Waals surface area contributed by atoms with Gasteiger partial charge in [-0.25, -0.2) is 0 Å². The number of nitrogens with one attached hydrogen (secondary N) is 1. The molecule has 1 saturated carbocycles. The summed E-state index contributed by atoms with van der Waals surface area (Å²) < 4.78 is 0. The van der Waals surface area contributed by atoms with E-state index in [0.717, 1.165) is 25.7 Å². The molecule has 1 aliphatic carbocycles. The summed E-state index contributed by atoms with van der Waals surface area (Å²) >= 11 is 0. The lowest BCUT2D eigenvalue weighted by atomic mass is 10.1. The van der Waals surface area contributed by atoms with Gasteiger partial charge in [0.25, 0.3) is 0 Å². The van der Waals surface area contributed by atoms with Crippen LogP contribution in [0.2, 0.25) is 0 Å². The molecule has 2 aliphatic rings. The van der Waals surface area contributed by atoms with Gasteiger partial charge in [-0.05, 0) is 32.1 Å². The summed E-state index contributed by atoms with van der Waals surface area (Å²) in [5.74, 6) is 0.472. The van der Waals surface area contributed by atoms with E-state index in [1.165, 1.54) is 0 Å². The minimum Gasteiger partial charge on any atom is -0.352 e. The summed E-state index contributed by atoms with van der Waals surface area (Å²) in [5.41, 5.74) is 5.71. The highest BCUT2D eigenvalue weighted by Gasteiger charge is 2.38. The molecule has 0 aromatic carbocycles. The Bertz CT molecular complexity index is 374. The SMILES string of the molecule is CCCC(C)N1CC(C(=O)NC(CN)C2CC2)CC1=O.Cl.